The SMILES string of the molecule is O=C(O)N1CCN(c2n[nH]c(-c3ccc(F)cc3)c2-c2ccncc2)CC1. The van der Waals surface area contributed by atoms with Crippen LogP contribution in [-0.4, -0.2) is 57.5 Å². The van der Waals surface area contributed by atoms with E-state index in [0.29, 0.717) is 26.2 Å². The van der Waals surface area contributed by atoms with E-state index in [2.05, 4.69) is 20.1 Å². The van der Waals surface area contributed by atoms with E-state index in [1.165, 1.54) is 17.0 Å². The van der Waals surface area contributed by atoms with Crippen molar-refractivity contribution in [2.24, 2.45) is 0 Å². The molecule has 1 aromatic carbocycles. The normalized spacial score (nSPS) is 14.4. The average Bonchev–Trinajstić information content (AvgIpc) is 3.14. The van der Waals surface area contributed by atoms with Gasteiger partial charge in [-0.05, 0) is 42.0 Å². The van der Waals surface area contributed by atoms with Gasteiger partial charge >= 0.3 is 6.09 Å². The standard InChI is InChI=1S/C19H18FN5O2/c20-15-3-1-14(2-4-15)17-16(13-5-7-21-8-6-13)18(23-22-17)24-9-11-25(12-10-24)19(26)27/h1-8H,9-12H2,(H,22,23)(H,26,27). The molecule has 0 spiro atoms. The first-order chi connectivity index (χ1) is 13.1. The van der Waals surface area contributed by atoms with Crippen molar-refractivity contribution >= 4 is 11.9 Å². The van der Waals surface area contributed by atoms with Crippen LogP contribution < -0.4 is 4.90 Å². The van der Waals surface area contributed by atoms with Gasteiger partial charge in [0.2, 0.25) is 0 Å². The van der Waals surface area contributed by atoms with Crippen molar-refractivity contribution in [1.29, 1.82) is 0 Å². The fraction of sp³-hybridized carbons (Fsp3) is 0.211. The Balaban J connectivity index is 1.74. The summed E-state index contributed by atoms with van der Waals surface area (Å²) in [6.45, 7) is 1.95. The number of carbonyl (C=O) groups is 1. The van der Waals surface area contributed by atoms with Gasteiger partial charge in [0, 0.05) is 44.1 Å². The maximum Gasteiger partial charge on any atom is 0.407 e. The van der Waals surface area contributed by atoms with Gasteiger partial charge in [-0.15, -0.1) is 0 Å². The number of H-pyrrole nitrogens is 1. The zero-order valence-corrected chi connectivity index (χ0v) is 14.5. The fourth-order valence-electron chi connectivity index (χ4n) is 3.29. The van der Waals surface area contributed by atoms with Crippen LogP contribution in [0.1, 0.15) is 0 Å². The quantitative estimate of drug-likeness (QED) is 0.743. The second kappa shape index (κ2) is 7.06. The van der Waals surface area contributed by atoms with Crippen molar-refractivity contribution in [1.82, 2.24) is 20.1 Å². The molecule has 3 aromatic rings. The van der Waals surface area contributed by atoms with E-state index < -0.39 is 6.09 Å². The summed E-state index contributed by atoms with van der Waals surface area (Å²) in [5, 5.41) is 16.7. The van der Waals surface area contributed by atoms with Gasteiger partial charge in [0.1, 0.15) is 5.82 Å². The van der Waals surface area contributed by atoms with E-state index in [9.17, 15) is 9.18 Å². The van der Waals surface area contributed by atoms with Gasteiger partial charge in [-0.1, -0.05) is 0 Å². The molecule has 1 fully saturated rings. The van der Waals surface area contributed by atoms with E-state index in [1.807, 2.05) is 12.1 Å². The molecule has 0 atom stereocenters. The number of benzene rings is 1. The van der Waals surface area contributed by atoms with Gasteiger partial charge in [-0.25, -0.2) is 9.18 Å². The minimum absolute atomic E-state index is 0.297. The lowest BCUT2D eigenvalue weighted by atomic mass is 10.0. The summed E-state index contributed by atoms with van der Waals surface area (Å²) in [5.41, 5.74) is 3.45. The summed E-state index contributed by atoms with van der Waals surface area (Å²) in [7, 11) is 0. The lowest BCUT2D eigenvalue weighted by Gasteiger charge is -2.33. The third-order valence-corrected chi connectivity index (χ3v) is 4.70. The van der Waals surface area contributed by atoms with Crippen LogP contribution in [-0.2, 0) is 0 Å². The number of hydrogen-bond donors (Lipinski definition) is 2. The highest BCUT2D eigenvalue weighted by Gasteiger charge is 2.26. The van der Waals surface area contributed by atoms with Crippen molar-refractivity contribution in [2.75, 3.05) is 31.1 Å². The molecular formula is C19H18FN5O2. The summed E-state index contributed by atoms with van der Waals surface area (Å²) in [5.74, 6) is 0.458. The molecule has 0 aliphatic carbocycles. The van der Waals surface area contributed by atoms with E-state index in [4.69, 9.17) is 5.11 Å². The maximum atomic E-state index is 13.3. The number of halogens is 1. The zero-order chi connectivity index (χ0) is 18.8. The highest BCUT2D eigenvalue weighted by Crippen LogP contribution is 2.38. The molecule has 0 radical (unpaired) electrons. The molecule has 1 aliphatic rings. The lowest BCUT2D eigenvalue weighted by Crippen LogP contribution is -2.48. The van der Waals surface area contributed by atoms with Crippen LogP contribution in [0.2, 0.25) is 0 Å². The summed E-state index contributed by atoms with van der Waals surface area (Å²) >= 11 is 0. The van der Waals surface area contributed by atoms with Crippen LogP contribution in [0.5, 0.6) is 0 Å². The Morgan fingerprint density at radius 2 is 1.67 bits per heavy atom. The molecule has 138 valence electrons. The predicted octanol–water partition coefficient (Wildman–Crippen LogP) is 3.08. The number of amides is 1. The molecule has 1 aliphatic heterocycles. The number of nitrogens with zero attached hydrogens (tertiary/aromatic N) is 4. The Morgan fingerprint density at radius 3 is 2.30 bits per heavy atom. The molecule has 1 amide bonds. The third-order valence-electron chi connectivity index (χ3n) is 4.70. The van der Waals surface area contributed by atoms with Crippen LogP contribution >= 0.6 is 0 Å². The molecule has 4 rings (SSSR count). The van der Waals surface area contributed by atoms with Crippen LogP contribution in [0.4, 0.5) is 15.0 Å². The maximum absolute atomic E-state index is 13.3. The highest BCUT2D eigenvalue weighted by molar-refractivity contribution is 5.89. The van der Waals surface area contributed by atoms with E-state index >= 15 is 0 Å². The number of aromatic nitrogens is 3. The first kappa shape index (κ1) is 17.0. The van der Waals surface area contributed by atoms with Gasteiger partial charge in [-0.2, -0.15) is 5.10 Å². The van der Waals surface area contributed by atoms with E-state index in [-0.39, 0.29) is 5.82 Å². The summed E-state index contributed by atoms with van der Waals surface area (Å²) in [4.78, 5) is 18.7. The molecule has 2 N–H and O–H groups in total. The van der Waals surface area contributed by atoms with Crippen LogP contribution in [0.25, 0.3) is 22.4 Å². The smallest absolute Gasteiger partial charge is 0.407 e. The molecule has 0 bridgehead atoms. The first-order valence-electron chi connectivity index (χ1n) is 8.61. The Hall–Kier alpha value is -3.42. The largest absolute Gasteiger partial charge is 0.465 e. The number of pyridine rings is 1. The summed E-state index contributed by atoms with van der Waals surface area (Å²) in [6, 6.07) is 10.0. The number of hydrogen-bond acceptors (Lipinski definition) is 4. The zero-order valence-electron chi connectivity index (χ0n) is 14.5. The van der Waals surface area contributed by atoms with Crippen molar-refractivity contribution in [3.05, 3.63) is 54.6 Å². The van der Waals surface area contributed by atoms with E-state index in [0.717, 1.165) is 28.2 Å². The number of aromatic amines is 1. The minimum Gasteiger partial charge on any atom is -0.465 e. The molecular weight excluding hydrogens is 349 g/mol. The summed E-state index contributed by atoms with van der Waals surface area (Å²) in [6.07, 6.45) is 2.52. The van der Waals surface area contributed by atoms with Crippen LogP contribution in [0.15, 0.2) is 48.8 Å². The van der Waals surface area contributed by atoms with Crippen molar-refractivity contribution in [3.63, 3.8) is 0 Å². The van der Waals surface area contributed by atoms with Crippen LogP contribution in [0, 0.1) is 5.82 Å². The first-order valence-corrected chi connectivity index (χ1v) is 8.61. The number of nitrogens with one attached hydrogen (secondary N) is 1. The average molecular weight is 367 g/mol. The fourth-order valence-corrected chi connectivity index (χ4v) is 3.29. The Morgan fingerprint density at radius 1 is 1.00 bits per heavy atom. The second-order valence-electron chi connectivity index (χ2n) is 6.30. The van der Waals surface area contributed by atoms with Gasteiger partial charge in [-0.3, -0.25) is 10.1 Å². The third kappa shape index (κ3) is 3.33. The molecule has 27 heavy (non-hydrogen) atoms. The van der Waals surface area contributed by atoms with Gasteiger partial charge in [0.05, 0.1) is 11.3 Å². The number of rotatable bonds is 3. The molecule has 3 heterocycles. The van der Waals surface area contributed by atoms with Gasteiger partial charge in [0.15, 0.2) is 5.82 Å². The number of piperazine rings is 1. The van der Waals surface area contributed by atoms with Crippen molar-refractivity contribution in [3.8, 4) is 22.4 Å². The van der Waals surface area contributed by atoms with Gasteiger partial charge in [0.25, 0.3) is 0 Å². The Labute approximate surface area is 155 Å². The summed E-state index contributed by atoms with van der Waals surface area (Å²) < 4.78 is 13.3. The highest BCUT2D eigenvalue weighted by atomic mass is 19.1. The lowest BCUT2D eigenvalue weighted by molar-refractivity contribution is 0.142. The van der Waals surface area contributed by atoms with Crippen molar-refractivity contribution in [2.45, 2.75) is 0 Å². The molecule has 0 saturated carbocycles. The molecule has 2 aromatic heterocycles. The van der Waals surface area contributed by atoms with Crippen molar-refractivity contribution < 1.29 is 14.3 Å². The molecule has 7 nitrogen and oxygen atoms in total. The monoisotopic (exact) mass is 367 g/mol. The van der Waals surface area contributed by atoms with E-state index in [1.54, 1.807) is 24.5 Å². The Kier molecular flexibility index (Phi) is 4.45. The Bertz CT molecular complexity index is 934. The molecule has 8 heteroatoms. The van der Waals surface area contributed by atoms with Crippen LogP contribution in [0.3, 0.4) is 0 Å². The minimum atomic E-state index is -0.905. The number of carboxylic acid groups (broad SMARTS) is 1. The predicted molar refractivity (Wildman–Crippen MR) is 99.0 cm³/mol. The number of anilines is 1. The topological polar surface area (TPSA) is 85.4 Å². The molecule has 1 saturated heterocycles. The second-order valence-corrected chi connectivity index (χ2v) is 6.30. The van der Waals surface area contributed by atoms with Gasteiger partial charge < -0.3 is 14.9 Å². The molecule has 0 unspecified atom stereocenters.